The summed E-state index contributed by atoms with van der Waals surface area (Å²) in [7, 11) is -1.45. The maximum atomic E-state index is 11.8. The van der Waals surface area contributed by atoms with Crippen LogP contribution >= 0.6 is 0 Å². The lowest BCUT2D eigenvalue weighted by molar-refractivity contribution is 0.0950. The smallest absolute Gasteiger partial charge is 0.197 e. The van der Waals surface area contributed by atoms with E-state index in [1.165, 1.54) is 10.9 Å². The summed E-state index contributed by atoms with van der Waals surface area (Å²) in [5.74, 6) is -0.374. The fraction of sp³-hybridized carbons (Fsp3) is 0.556. The number of Topliss-reactive ketones (excluding diaryl/α,β-unsaturated/α-hetero) is 1. The average Bonchev–Trinajstić information content (AvgIpc) is 2.58. The van der Waals surface area contributed by atoms with Crippen molar-refractivity contribution in [3.63, 3.8) is 0 Å². The molecule has 7 heteroatoms. The van der Waals surface area contributed by atoms with Crippen molar-refractivity contribution >= 4 is 15.6 Å². The molecular weight excluding hydrogens is 230 g/mol. The third-order valence-electron chi connectivity index (χ3n) is 2.21. The molecule has 0 aliphatic rings. The molecule has 0 fully saturated rings. The van der Waals surface area contributed by atoms with Crippen LogP contribution in [0.4, 0.5) is 0 Å². The van der Waals surface area contributed by atoms with Gasteiger partial charge in [-0.1, -0.05) is 0 Å². The molecule has 90 valence electrons. The molecule has 0 amide bonds. The van der Waals surface area contributed by atoms with Crippen LogP contribution in [0.3, 0.4) is 0 Å². The van der Waals surface area contributed by atoms with E-state index in [-0.39, 0.29) is 18.0 Å². The van der Waals surface area contributed by atoms with Crippen LogP contribution in [0.25, 0.3) is 0 Å². The zero-order chi connectivity index (χ0) is 12.3. The zero-order valence-electron chi connectivity index (χ0n) is 9.25. The van der Waals surface area contributed by atoms with Crippen LogP contribution in [0.1, 0.15) is 16.9 Å². The summed E-state index contributed by atoms with van der Waals surface area (Å²) in [5, 5.41) is 3.85. The van der Waals surface area contributed by atoms with E-state index in [4.69, 9.17) is 5.73 Å². The van der Waals surface area contributed by atoms with Crippen molar-refractivity contribution in [1.29, 1.82) is 0 Å². The van der Waals surface area contributed by atoms with Gasteiger partial charge in [0.05, 0.1) is 11.8 Å². The van der Waals surface area contributed by atoms with Crippen LogP contribution in [0.5, 0.6) is 0 Å². The molecule has 0 aromatic carbocycles. The molecule has 0 bridgehead atoms. The summed E-state index contributed by atoms with van der Waals surface area (Å²) in [6.07, 6.45) is 2.74. The van der Waals surface area contributed by atoms with Crippen molar-refractivity contribution in [2.24, 2.45) is 12.8 Å². The Morgan fingerprint density at radius 3 is 2.69 bits per heavy atom. The minimum Gasteiger partial charge on any atom is -0.321 e. The van der Waals surface area contributed by atoms with E-state index >= 15 is 0 Å². The Bertz CT molecular complexity index is 478. The van der Waals surface area contributed by atoms with Crippen LogP contribution in [0, 0.1) is 0 Å². The fourth-order valence-corrected chi connectivity index (χ4v) is 1.96. The third kappa shape index (κ3) is 3.42. The lowest BCUT2D eigenvalue weighted by atomic mass is 10.1. The molecule has 16 heavy (non-hydrogen) atoms. The van der Waals surface area contributed by atoms with Crippen molar-refractivity contribution in [1.82, 2.24) is 9.78 Å². The quantitative estimate of drug-likeness (QED) is 0.696. The van der Waals surface area contributed by atoms with E-state index in [0.717, 1.165) is 6.26 Å². The maximum absolute atomic E-state index is 11.8. The normalized spacial score (nSPS) is 13.7. The van der Waals surface area contributed by atoms with Gasteiger partial charge < -0.3 is 5.73 Å². The first-order valence-corrected chi connectivity index (χ1v) is 6.83. The highest BCUT2D eigenvalue weighted by molar-refractivity contribution is 7.90. The highest BCUT2D eigenvalue weighted by atomic mass is 32.2. The second-order valence-corrected chi connectivity index (χ2v) is 5.99. The molecule has 2 N–H and O–H groups in total. The molecule has 1 heterocycles. The number of ketones is 1. The Kier molecular flexibility index (Phi) is 3.82. The van der Waals surface area contributed by atoms with Gasteiger partial charge in [0.1, 0.15) is 15.5 Å². The second kappa shape index (κ2) is 4.75. The number of nitrogens with zero attached hydrogens (tertiary/aromatic N) is 2. The number of rotatable bonds is 5. The van der Waals surface area contributed by atoms with Gasteiger partial charge in [0, 0.05) is 19.5 Å². The zero-order valence-corrected chi connectivity index (χ0v) is 10.1. The van der Waals surface area contributed by atoms with E-state index in [0.29, 0.717) is 5.69 Å². The van der Waals surface area contributed by atoms with Gasteiger partial charge in [-0.3, -0.25) is 9.48 Å². The van der Waals surface area contributed by atoms with E-state index in [2.05, 4.69) is 5.10 Å². The fourth-order valence-electron chi connectivity index (χ4n) is 1.28. The Labute approximate surface area is 94.4 Å². The molecule has 0 saturated heterocycles. The van der Waals surface area contributed by atoms with Gasteiger partial charge in [-0.05, 0) is 12.5 Å². The van der Waals surface area contributed by atoms with Gasteiger partial charge in [0.25, 0.3) is 0 Å². The molecule has 1 rings (SSSR count). The molecule has 0 radical (unpaired) electrons. The average molecular weight is 245 g/mol. The van der Waals surface area contributed by atoms with Crippen LogP contribution in [-0.2, 0) is 16.9 Å². The monoisotopic (exact) mass is 245 g/mol. The van der Waals surface area contributed by atoms with Crippen LogP contribution < -0.4 is 5.73 Å². The number of sulfone groups is 1. The standard InChI is InChI=1S/C9H15N3O3S/c1-12-8(3-5-11-12)9(13)7(10)4-6-16(2,14)15/h3,5,7H,4,6,10H2,1-2H3. The van der Waals surface area contributed by atoms with Crippen molar-refractivity contribution in [3.05, 3.63) is 18.0 Å². The first-order chi connectivity index (χ1) is 7.31. The largest absolute Gasteiger partial charge is 0.321 e. The number of carbonyl (C=O) groups excluding carboxylic acids is 1. The number of aromatic nitrogens is 2. The molecule has 0 aliphatic heterocycles. The summed E-state index contributed by atoms with van der Waals surface area (Å²) in [5.41, 5.74) is 6.02. The number of hydrogen-bond donors (Lipinski definition) is 1. The van der Waals surface area contributed by atoms with Gasteiger partial charge in [0.15, 0.2) is 5.78 Å². The van der Waals surface area contributed by atoms with Crippen molar-refractivity contribution < 1.29 is 13.2 Å². The molecular formula is C9H15N3O3S. The maximum Gasteiger partial charge on any atom is 0.197 e. The number of nitrogens with two attached hydrogens (primary N) is 1. The predicted molar refractivity (Wildman–Crippen MR) is 59.8 cm³/mol. The lowest BCUT2D eigenvalue weighted by Gasteiger charge is -2.09. The Balaban J connectivity index is 2.66. The van der Waals surface area contributed by atoms with Crippen LogP contribution in [0.2, 0.25) is 0 Å². The van der Waals surface area contributed by atoms with Crippen LogP contribution in [0.15, 0.2) is 12.3 Å². The molecule has 1 aromatic heterocycles. The molecule has 0 saturated carbocycles. The highest BCUT2D eigenvalue weighted by Crippen LogP contribution is 2.04. The van der Waals surface area contributed by atoms with Crippen LogP contribution in [-0.4, -0.2) is 42.0 Å². The van der Waals surface area contributed by atoms with Gasteiger partial charge >= 0.3 is 0 Å². The topological polar surface area (TPSA) is 95.0 Å². The number of carbonyl (C=O) groups is 1. The van der Waals surface area contributed by atoms with E-state index in [1.807, 2.05) is 0 Å². The van der Waals surface area contributed by atoms with Gasteiger partial charge in [-0.2, -0.15) is 5.10 Å². The predicted octanol–water partition coefficient (Wildman–Crippen LogP) is -0.635. The molecule has 0 spiro atoms. The molecule has 1 unspecified atom stereocenters. The minimum absolute atomic E-state index is 0.0856. The summed E-state index contributed by atoms with van der Waals surface area (Å²) in [6.45, 7) is 0. The summed E-state index contributed by atoms with van der Waals surface area (Å²) in [6, 6.07) is 0.757. The SMILES string of the molecule is Cn1nccc1C(=O)C(N)CCS(C)(=O)=O. The highest BCUT2D eigenvalue weighted by Gasteiger charge is 2.19. The van der Waals surface area contributed by atoms with Gasteiger partial charge in [0.2, 0.25) is 0 Å². The second-order valence-electron chi connectivity index (χ2n) is 3.73. The Hall–Kier alpha value is -1.21. The summed E-state index contributed by atoms with van der Waals surface area (Å²) < 4.78 is 23.3. The third-order valence-corrected chi connectivity index (χ3v) is 3.19. The van der Waals surface area contributed by atoms with E-state index < -0.39 is 15.9 Å². The Morgan fingerprint density at radius 1 is 1.62 bits per heavy atom. The Morgan fingerprint density at radius 2 is 2.25 bits per heavy atom. The molecule has 1 aromatic rings. The van der Waals surface area contributed by atoms with E-state index in [9.17, 15) is 13.2 Å². The van der Waals surface area contributed by atoms with Crippen molar-refractivity contribution in [3.8, 4) is 0 Å². The summed E-state index contributed by atoms with van der Waals surface area (Å²) >= 11 is 0. The minimum atomic E-state index is -3.09. The van der Waals surface area contributed by atoms with Gasteiger partial charge in [-0.15, -0.1) is 0 Å². The molecule has 0 aliphatic carbocycles. The van der Waals surface area contributed by atoms with Gasteiger partial charge in [-0.25, -0.2) is 8.42 Å². The first-order valence-electron chi connectivity index (χ1n) is 4.77. The summed E-state index contributed by atoms with van der Waals surface area (Å²) in [4.78, 5) is 11.8. The first kappa shape index (κ1) is 12.9. The van der Waals surface area contributed by atoms with Crippen molar-refractivity contribution in [2.45, 2.75) is 12.5 Å². The number of hydrogen-bond acceptors (Lipinski definition) is 5. The molecule has 6 nitrogen and oxygen atoms in total. The lowest BCUT2D eigenvalue weighted by Crippen LogP contribution is -2.33. The van der Waals surface area contributed by atoms with Crippen molar-refractivity contribution in [2.75, 3.05) is 12.0 Å². The number of aryl methyl sites for hydroxylation is 1. The molecule has 1 atom stereocenters. The van der Waals surface area contributed by atoms with E-state index in [1.54, 1.807) is 13.1 Å².